The molecule has 0 atom stereocenters. The minimum absolute atomic E-state index is 0.00587. The Balaban J connectivity index is 2.07. The van der Waals surface area contributed by atoms with Crippen LogP contribution >= 0.6 is 11.6 Å². The number of nitrogens with one attached hydrogen (secondary N) is 1. The first-order chi connectivity index (χ1) is 12.1. The number of amides is 1. The first-order valence-electron chi connectivity index (χ1n) is 7.16. The number of rotatable bonds is 6. The third-order valence-electron chi connectivity index (χ3n) is 3.12. The second kappa shape index (κ2) is 8.05. The van der Waals surface area contributed by atoms with Crippen molar-refractivity contribution in [3.8, 4) is 5.75 Å². The van der Waals surface area contributed by atoms with Gasteiger partial charge in [-0.15, -0.1) is 0 Å². The molecule has 0 aliphatic rings. The lowest BCUT2D eigenvalue weighted by Crippen LogP contribution is -2.20. The maximum absolute atomic E-state index is 12.3. The fourth-order valence-electron chi connectivity index (χ4n) is 2.00. The molecule has 0 spiro atoms. The highest BCUT2D eigenvalue weighted by atomic mass is 35.5. The molecular formula is C16H12ClF3N2O4. The molecule has 0 aliphatic carbocycles. The number of non-ortho nitro benzene ring substituents is 1. The van der Waals surface area contributed by atoms with E-state index < -0.39 is 23.6 Å². The number of hydrogen-bond donors (Lipinski definition) is 1. The summed E-state index contributed by atoms with van der Waals surface area (Å²) in [4.78, 5) is 22.1. The van der Waals surface area contributed by atoms with Gasteiger partial charge in [0.1, 0.15) is 5.75 Å². The van der Waals surface area contributed by atoms with Crippen LogP contribution in [0.4, 0.5) is 24.5 Å². The van der Waals surface area contributed by atoms with E-state index in [1.807, 2.05) is 0 Å². The van der Waals surface area contributed by atoms with Crippen LogP contribution < -0.4 is 10.1 Å². The highest BCUT2D eigenvalue weighted by molar-refractivity contribution is 6.31. The largest absolute Gasteiger partial charge is 0.482 e. The molecule has 0 bridgehead atoms. The Labute approximate surface area is 150 Å². The number of carbonyl (C=O) groups excluding carboxylic acids is 1. The second-order valence-corrected chi connectivity index (χ2v) is 5.63. The first kappa shape index (κ1) is 19.5. The third-order valence-corrected chi connectivity index (χ3v) is 3.35. The lowest BCUT2D eigenvalue weighted by atomic mass is 10.1. The van der Waals surface area contributed by atoms with E-state index in [2.05, 4.69) is 10.1 Å². The topological polar surface area (TPSA) is 81.5 Å². The summed E-state index contributed by atoms with van der Waals surface area (Å²) in [5.41, 5.74) is 0.369. The monoisotopic (exact) mass is 388 g/mol. The molecule has 2 rings (SSSR count). The summed E-state index contributed by atoms with van der Waals surface area (Å²) in [7, 11) is 0. The SMILES string of the molecule is O=C(Cc1ccc([N+](=O)[O-])cc1)Nc1cc(Cl)ccc1OCC(F)(F)F. The van der Waals surface area contributed by atoms with Gasteiger partial charge in [-0.05, 0) is 23.8 Å². The zero-order valence-electron chi connectivity index (χ0n) is 13.0. The smallest absolute Gasteiger partial charge is 0.422 e. The van der Waals surface area contributed by atoms with E-state index in [1.54, 1.807) is 0 Å². The lowest BCUT2D eigenvalue weighted by molar-refractivity contribution is -0.384. The quantitative estimate of drug-likeness (QED) is 0.588. The molecule has 0 fully saturated rings. The number of nitrogens with zero attached hydrogens (tertiary/aromatic N) is 1. The number of nitro groups is 1. The Hall–Kier alpha value is -2.81. The molecule has 2 aromatic carbocycles. The molecule has 0 aromatic heterocycles. The van der Waals surface area contributed by atoms with Gasteiger partial charge in [-0.3, -0.25) is 14.9 Å². The van der Waals surface area contributed by atoms with Crippen LogP contribution in [-0.2, 0) is 11.2 Å². The maximum atomic E-state index is 12.3. The molecule has 0 unspecified atom stereocenters. The highest BCUT2D eigenvalue weighted by Gasteiger charge is 2.29. The molecular weight excluding hydrogens is 377 g/mol. The molecule has 26 heavy (non-hydrogen) atoms. The lowest BCUT2D eigenvalue weighted by Gasteiger charge is -2.14. The Morgan fingerprint density at radius 2 is 1.85 bits per heavy atom. The number of alkyl halides is 3. The fraction of sp³-hybridized carbons (Fsp3) is 0.188. The maximum Gasteiger partial charge on any atom is 0.422 e. The number of ether oxygens (including phenoxy) is 1. The summed E-state index contributed by atoms with van der Waals surface area (Å²) in [6, 6.07) is 9.14. The number of nitro benzene ring substituents is 1. The molecule has 0 heterocycles. The molecule has 0 saturated carbocycles. The van der Waals surface area contributed by atoms with Crippen LogP contribution in [0.3, 0.4) is 0 Å². The summed E-state index contributed by atoms with van der Waals surface area (Å²) >= 11 is 5.80. The molecule has 6 nitrogen and oxygen atoms in total. The summed E-state index contributed by atoms with van der Waals surface area (Å²) in [5.74, 6) is -0.721. The number of benzene rings is 2. The average molecular weight is 389 g/mol. The van der Waals surface area contributed by atoms with Crippen LogP contribution in [-0.4, -0.2) is 23.6 Å². The van der Waals surface area contributed by atoms with Gasteiger partial charge in [-0.2, -0.15) is 13.2 Å². The molecule has 0 saturated heterocycles. The van der Waals surface area contributed by atoms with E-state index in [1.165, 1.54) is 42.5 Å². The van der Waals surface area contributed by atoms with Gasteiger partial charge in [0.25, 0.3) is 5.69 Å². The van der Waals surface area contributed by atoms with Gasteiger partial charge >= 0.3 is 6.18 Å². The predicted molar refractivity (Wildman–Crippen MR) is 88.4 cm³/mol. The van der Waals surface area contributed by atoms with E-state index in [9.17, 15) is 28.1 Å². The molecule has 0 radical (unpaired) electrons. The van der Waals surface area contributed by atoms with Gasteiger partial charge in [-0.1, -0.05) is 23.7 Å². The Bertz CT molecular complexity index is 810. The van der Waals surface area contributed by atoms with E-state index in [0.717, 1.165) is 0 Å². The van der Waals surface area contributed by atoms with Crippen molar-refractivity contribution in [3.63, 3.8) is 0 Å². The molecule has 1 N–H and O–H groups in total. The second-order valence-electron chi connectivity index (χ2n) is 5.19. The summed E-state index contributed by atoms with van der Waals surface area (Å²) < 4.78 is 41.6. The average Bonchev–Trinajstić information content (AvgIpc) is 2.53. The molecule has 138 valence electrons. The zero-order chi connectivity index (χ0) is 19.3. The number of halogens is 4. The molecule has 2 aromatic rings. The van der Waals surface area contributed by atoms with Gasteiger partial charge < -0.3 is 10.1 Å². The van der Waals surface area contributed by atoms with Crippen LogP contribution in [0.1, 0.15) is 5.56 Å². The van der Waals surface area contributed by atoms with E-state index in [0.29, 0.717) is 5.56 Å². The number of anilines is 1. The van der Waals surface area contributed by atoms with Gasteiger partial charge in [0.05, 0.1) is 17.0 Å². The van der Waals surface area contributed by atoms with Crippen LogP contribution in [0.2, 0.25) is 5.02 Å². The minimum Gasteiger partial charge on any atom is -0.482 e. The van der Waals surface area contributed by atoms with Crippen LogP contribution in [0, 0.1) is 10.1 Å². The fourth-order valence-corrected chi connectivity index (χ4v) is 2.17. The van der Waals surface area contributed by atoms with E-state index in [4.69, 9.17) is 11.6 Å². The van der Waals surface area contributed by atoms with Crippen molar-refractivity contribution in [1.82, 2.24) is 0 Å². The summed E-state index contributed by atoms with van der Waals surface area (Å²) in [5, 5.41) is 13.2. The van der Waals surface area contributed by atoms with Crippen molar-refractivity contribution in [2.45, 2.75) is 12.6 Å². The highest BCUT2D eigenvalue weighted by Crippen LogP contribution is 2.30. The van der Waals surface area contributed by atoms with Gasteiger partial charge in [0, 0.05) is 17.2 Å². The number of hydrogen-bond acceptors (Lipinski definition) is 4. The van der Waals surface area contributed by atoms with Gasteiger partial charge in [0.2, 0.25) is 5.91 Å². The van der Waals surface area contributed by atoms with Crippen molar-refractivity contribution in [2.24, 2.45) is 0 Å². The molecule has 0 aliphatic heterocycles. The van der Waals surface area contributed by atoms with Crippen molar-refractivity contribution < 1.29 is 27.6 Å². The summed E-state index contributed by atoms with van der Waals surface area (Å²) in [6.07, 6.45) is -4.66. The van der Waals surface area contributed by atoms with Crippen LogP contribution in [0.15, 0.2) is 42.5 Å². The first-order valence-corrected chi connectivity index (χ1v) is 7.54. The van der Waals surface area contributed by atoms with Crippen molar-refractivity contribution in [2.75, 3.05) is 11.9 Å². The molecule has 1 amide bonds. The Kier molecular flexibility index (Phi) is 6.04. The van der Waals surface area contributed by atoms with Crippen molar-refractivity contribution >= 4 is 28.9 Å². The predicted octanol–water partition coefficient (Wildman–Crippen LogP) is 4.37. The van der Waals surface area contributed by atoms with Crippen molar-refractivity contribution in [1.29, 1.82) is 0 Å². The molecule has 10 heteroatoms. The Morgan fingerprint density at radius 1 is 1.19 bits per heavy atom. The zero-order valence-corrected chi connectivity index (χ0v) is 13.8. The minimum atomic E-state index is -4.53. The summed E-state index contributed by atoms with van der Waals surface area (Å²) in [6.45, 7) is -1.51. The standard InChI is InChI=1S/C16H12ClF3N2O4/c17-11-3-6-14(26-9-16(18,19)20)13(8-11)21-15(23)7-10-1-4-12(5-2-10)22(24)25/h1-6,8H,7,9H2,(H,21,23). The van der Waals surface area contributed by atoms with Gasteiger partial charge in [-0.25, -0.2) is 0 Å². The third kappa shape index (κ3) is 5.92. The van der Waals surface area contributed by atoms with Crippen molar-refractivity contribution in [3.05, 3.63) is 63.2 Å². The Morgan fingerprint density at radius 3 is 2.42 bits per heavy atom. The van der Waals surface area contributed by atoms with Gasteiger partial charge in [0.15, 0.2) is 6.61 Å². The normalized spacial score (nSPS) is 11.1. The number of carbonyl (C=O) groups is 1. The van der Waals surface area contributed by atoms with Crippen LogP contribution in [0.5, 0.6) is 5.75 Å². The van der Waals surface area contributed by atoms with Crippen LogP contribution in [0.25, 0.3) is 0 Å². The van der Waals surface area contributed by atoms with E-state index in [-0.39, 0.29) is 28.6 Å². The van der Waals surface area contributed by atoms with E-state index >= 15 is 0 Å².